The van der Waals surface area contributed by atoms with Gasteiger partial charge in [0, 0.05) is 42.9 Å². The number of rotatable bonds is 9. The molecule has 2 aromatic carbocycles. The topological polar surface area (TPSA) is 132 Å². The lowest BCUT2D eigenvalue weighted by atomic mass is 10.2. The predicted molar refractivity (Wildman–Crippen MR) is 166 cm³/mol. The van der Waals surface area contributed by atoms with Crippen LogP contribution >= 0.6 is 0 Å². The molecule has 0 saturated carbocycles. The van der Waals surface area contributed by atoms with Crippen LogP contribution < -0.4 is 21.1 Å². The van der Waals surface area contributed by atoms with Crippen LogP contribution in [0.15, 0.2) is 101 Å². The van der Waals surface area contributed by atoms with Gasteiger partial charge in [0.1, 0.15) is 23.1 Å². The first-order chi connectivity index (χ1) is 20.9. The molecule has 0 radical (unpaired) electrons. The Balaban J connectivity index is 1.30. The number of nitrogens with zero attached hydrogens (tertiary/aromatic N) is 4. The Hall–Kier alpha value is -5.29. The number of aryl methyl sites for hydroxylation is 2. The Kier molecular flexibility index (Phi) is 9.23. The molecule has 43 heavy (non-hydrogen) atoms. The number of aromatic nitrogens is 2. The molecule has 222 valence electrons. The molecule has 5 rings (SSSR count). The lowest BCUT2D eigenvalue weighted by Crippen LogP contribution is -2.35. The molecule has 2 amide bonds. The van der Waals surface area contributed by atoms with Crippen LogP contribution in [0.3, 0.4) is 0 Å². The first-order valence-corrected chi connectivity index (χ1v) is 13.9. The smallest absolute Gasteiger partial charge is 0.320 e. The summed E-state index contributed by atoms with van der Waals surface area (Å²) < 4.78 is 18.7. The highest BCUT2D eigenvalue weighted by Crippen LogP contribution is 2.28. The summed E-state index contributed by atoms with van der Waals surface area (Å²) in [5, 5.41) is 10.6. The molecule has 11 heteroatoms. The zero-order valence-electron chi connectivity index (χ0n) is 24.2. The van der Waals surface area contributed by atoms with Crippen LogP contribution in [0.4, 0.5) is 10.6 Å². The third kappa shape index (κ3) is 7.32. The largest absolute Gasteiger partial charge is 0.469 e. The number of nitrogens with one attached hydrogen (secondary N) is 2. The monoisotopic (exact) mass is 581 g/mol. The van der Waals surface area contributed by atoms with Crippen molar-refractivity contribution in [3.05, 3.63) is 108 Å². The van der Waals surface area contributed by atoms with Crippen molar-refractivity contribution in [3.8, 4) is 22.7 Å². The van der Waals surface area contributed by atoms with E-state index in [2.05, 4.69) is 22.2 Å². The molecule has 0 atom stereocenters. The average molecular weight is 582 g/mol. The van der Waals surface area contributed by atoms with Crippen molar-refractivity contribution in [1.29, 1.82) is 0 Å². The summed E-state index contributed by atoms with van der Waals surface area (Å²) in [7, 11) is 0. The second-order valence-electron chi connectivity index (χ2n) is 9.89. The van der Waals surface area contributed by atoms with Crippen LogP contribution in [-0.2, 0) is 11.3 Å². The summed E-state index contributed by atoms with van der Waals surface area (Å²) in [5.74, 6) is 2.60. The van der Waals surface area contributed by atoms with E-state index >= 15 is 0 Å². The maximum absolute atomic E-state index is 13.1. The minimum Gasteiger partial charge on any atom is -0.469 e. The fraction of sp³-hybridized carbons (Fsp3) is 0.219. The highest BCUT2D eigenvalue weighted by Gasteiger charge is 2.17. The highest BCUT2D eigenvalue weighted by atomic mass is 16.5. The third-order valence-electron chi connectivity index (χ3n) is 6.84. The first kappa shape index (κ1) is 29.2. The van der Waals surface area contributed by atoms with Crippen molar-refractivity contribution in [2.75, 3.05) is 31.6 Å². The fourth-order valence-electron chi connectivity index (χ4n) is 4.53. The Bertz CT molecular complexity index is 1630. The summed E-state index contributed by atoms with van der Waals surface area (Å²) >= 11 is 0. The number of aliphatic imine (C=N–C) groups is 1. The van der Waals surface area contributed by atoms with Crippen LogP contribution in [0.1, 0.15) is 16.9 Å². The van der Waals surface area contributed by atoms with Gasteiger partial charge in [-0.3, -0.25) is 5.32 Å². The van der Waals surface area contributed by atoms with Crippen molar-refractivity contribution < 1.29 is 18.7 Å². The van der Waals surface area contributed by atoms with Crippen molar-refractivity contribution in [2.45, 2.75) is 20.4 Å². The lowest BCUT2D eigenvalue weighted by Gasteiger charge is -2.28. The number of morpholine rings is 1. The Morgan fingerprint density at radius 2 is 1.91 bits per heavy atom. The molecule has 1 aliphatic rings. The van der Waals surface area contributed by atoms with Crippen molar-refractivity contribution >= 4 is 17.7 Å². The van der Waals surface area contributed by atoms with Gasteiger partial charge >= 0.3 is 6.03 Å². The quantitative estimate of drug-likeness (QED) is 0.185. The molecule has 0 bridgehead atoms. The molecule has 2 aromatic heterocycles. The van der Waals surface area contributed by atoms with E-state index in [4.69, 9.17) is 24.7 Å². The molecule has 4 aromatic rings. The SMILES string of the molecule is C=C(/N=C(\C=C/N)Oc1ccccc1CNC(=O)Nc1cc(-c2ccoc2C)nn1-c1ccc(C)cc1)N1CCOCC1. The van der Waals surface area contributed by atoms with Crippen LogP contribution in [0, 0.1) is 13.8 Å². The van der Waals surface area contributed by atoms with Crippen molar-refractivity contribution in [1.82, 2.24) is 20.0 Å². The number of hydrogen-bond donors (Lipinski definition) is 3. The zero-order chi connectivity index (χ0) is 30.2. The number of amides is 2. The summed E-state index contributed by atoms with van der Waals surface area (Å²) in [4.78, 5) is 19.7. The average Bonchev–Trinajstić information content (AvgIpc) is 3.63. The molecular formula is C32H35N7O4. The first-order valence-electron chi connectivity index (χ1n) is 13.9. The van der Waals surface area contributed by atoms with E-state index in [0.29, 0.717) is 49.4 Å². The highest BCUT2D eigenvalue weighted by molar-refractivity contribution is 5.91. The van der Waals surface area contributed by atoms with Crippen LogP contribution in [0.5, 0.6) is 5.75 Å². The van der Waals surface area contributed by atoms with Crippen molar-refractivity contribution in [2.24, 2.45) is 10.7 Å². The fourth-order valence-corrected chi connectivity index (χ4v) is 4.53. The Labute approximate surface area is 250 Å². The predicted octanol–water partition coefficient (Wildman–Crippen LogP) is 5.12. The zero-order valence-corrected chi connectivity index (χ0v) is 24.2. The number of hydrogen-bond acceptors (Lipinski definition) is 8. The standard InChI is InChI=1S/C32H35N7O4/c1-22-8-10-26(11-9-22)39-30(20-28(37-39)27-13-17-42-23(27)2)36-32(40)34-21-25-6-4-5-7-29(25)43-31(12-14-33)35-24(3)38-15-18-41-19-16-38/h4-14,17,20H,3,15-16,18-19,21,33H2,1-2H3,(H2,34,36,40)/b14-12-,35-31+. The second kappa shape index (κ2) is 13.6. The van der Waals surface area contributed by atoms with E-state index in [9.17, 15) is 4.79 Å². The molecule has 0 aliphatic carbocycles. The second-order valence-corrected chi connectivity index (χ2v) is 9.89. The van der Waals surface area contributed by atoms with Gasteiger partial charge in [-0.15, -0.1) is 0 Å². The van der Waals surface area contributed by atoms with E-state index < -0.39 is 6.03 Å². The maximum atomic E-state index is 13.1. The maximum Gasteiger partial charge on any atom is 0.320 e. The number of furan rings is 1. The van der Waals surface area contributed by atoms with E-state index in [1.54, 1.807) is 23.1 Å². The summed E-state index contributed by atoms with van der Waals surface area (Å²) in [6.07, 6.45) is 4.54. The molecule has 1 fully saturated rings. The Morgan fingerprint density at radius 1 is 1.14 bits per heavy atom. The number of carbonyl (C=O) groups is 1. The molecule has 0 spiro atoms. The molecule has 3 heterocycles. The third-order valence-corrected chi connectivity index (χ3v) is 6.84. The van der Waals surface area contributed by atoms with E-state index in [1.165, 1.54) is 6.20 Å². The van der Waals surface area contributed by atoms with Gasteiger partial charge in [0.05, 0.1) is 30.9 Å². The van der Waals surface area contributed by atoms with Gasteiger partial charge in [0.2, 0.25) is 5.90 Å². The van der Waals surface area contributed by atoms with Gasteiger partial charge in [-0.2, -0.15) is 10.1 Å². The molecule has 1 aliphatic heterocycles. The number of urea groups is 1. The van der Waals surface area contributed by atoms with Gasteiger partial charge in [0.15, 0.2) is 0 Å². The number of ether oxygens (including phenoxy) is 2. The molecule has 0 unspecified atom stereocenters. The molecule has 11 nitrogen and oxygen atoms in total. The van der Waals surface area contributed by atoms with Gasteiger partial charge in [-0.05, 0) is 44.3 Å². The van der Waals surface area contributed by atoms with Crippen LogP contribution in [0.25, 0.3) is 16.9 Å². The number of benzene rings is 2. The molecular weight excluding hydrogens is 546 g/mol. The van der Waals surface area contributed by atoms with E-state index in [0.717, 1.165) is 28.1 Å². The Morgan fingerprint density at radius 3 is 2.63 bits per heavy atom. The van der Waals surface area contributed by atoms with Gasteiger partial charge in [-0.1, -0.05) is 42.5 Å². The summed E-state index contributed by atoms with van der Waals surface area (Å²) in [6.45, 7) is 10.8. The number of para-hydroxylation sites is 1. The molecule has 1 saturated heterocycles. The van der Waals surface area contributed by atoms with Crippen molar-refractivity contribution in [3.63, 3.8) is 0 Å². The van der Waals surface area contributed by atoms with Gasteiger partial charge < -0.3 is 29.8 Å². The number of anilines is 1. The molecule has 4 N–H and O–H groups in total. The van der Waals surface area contributed by atoms with E-state index in [1.807, 2.05) is 73.3 Å². The summed E-state index contributed by atoms with van der Waals surface area (Å²) in [5.41, 5.74) is 9.87. The van der Waals surface area contributed by atoms with E-state index in [-0.39, 0.29) is 12.4 Å². The van der Waals surface area contributed by atoms with Crippen LogP contribution in [0.2, 0.25) is 0 Å². The van der Waals surface area contributed by atoms with Crippen LogP contribution in [-0.4, -0.2) is 52.9 Å². The lowest BCUT2D eigenvalue weighted by molar-refractivity contribution is 0.0533. The minimum atomic E-state index is -0.407. The summed E-state index contributed by atoms with van der Waals surface area (Å²) in [6, 6.07) is 18.5. The normalized spacial score (nSPS) is 13.7. The number of nitrogens with two attached hydrogens (primary N) is 1. The van der Waals surface area contributed by atoms with Gasteiger partial charge in [0.25, 0.3) is 0 Å². The van der Waals surface area contributed by atoms with Gasteiger partial charge in [-0.25, -0.2) is 9.48 Å². The number of carbonyl (C=O) groups excluding carboxylic acids is 1. The minimum absolute atomic E-state index is 0.193.